The van der Waals surface area contributed by atoms with Gasteiger partial charge in [-0.25, -0.2) is 9.18 Å². The van der Waals surface area contributed by atoms with Crippen molar-refractivity contribution in [2.75, 3.05) is 14.2 Å². The van der Waals surface area contributed by atoms with E-state index in [1.165, 1.54) is 20.3 Å². The van der Waals surface area contributed by atoms with Gasteiger partial charge in [0.05, 0.1) is 24.7 Å². The van der Waals surface area contributed by atoms with Gasteiger partial charge in [0.2, 0.25) is 0 Å². The topological polar surface area (TPSA) is 35.5 Å². The maximum Gasteiger partial charge on any atom is 0.337 e. The third kappa shape index (κ3) is 1.98. The smallest absolute Gasteiger partial charge is 0.337 e. The van der Waals surface area contributed by atoms with E-state index >= 15 is 0 Å². The highest BCUT2D eigenvalue weighted by Crippen LogP contribution is 2.27. The molecule has 3 nitrogen and oxygen atoms in total. The number of carbonyl (C=O) groups excluding carboxylic acids is 1. The fourth-order valence-electron chi connectivity index (χ4n) is 1.02. The normalized spacial score (nSPS) is 9.71. The predicted octanol–water partition coefficient (Wildman–Crippen LogP) is 1.91. The molecule has 76 valence electrons. The summed E-state index contributed by atoms with van der Waals surface area (Å²) in [6, 6.07) is 2.43. The van der Waals surface area contributed by atoms with Gasteiger partial charge in [0.1, 0.15) is 0 Å². The van der Waals surface area contributed by atoms with Crippen molar-refractivity contribution in [1.29, 1.82) is 0 Å². The first-order valence-electron chi connectivity index (χ1n) is 3.75. The summed E-state index contributed by atoms with van der Waals surface area (Å²) in [4.78, 5) is 11.3. The molecule has 0 aliphatic carbocycles. The minimum Gasteiger partial charge on any atom is -0.493 e. The lowest BCUT2D eigenvalue weighted by atomic mass is 10.2. The Morgan fingerprint density at radius 2 is 2.07 bits per heavy atom. The first-order chi connectivity index (χ1) is 6.60. The second-order valence-corrected chi connectivity index (χ2v) is 2.98. The Morgan fingerprint density at radius 1 is 1.43 bits per heavy atom. The number of methoxy groups -OCH3 is 2. The van der Waals surface area contributed by atoms with Crippen LogP contribution in [0.15, 0.2) is 17.0 Å². The second kappa shape index (κ2) is 4.32. The molecule has 0 bridgehead atoms. The average Bonchev–Trinajstić information content (AvgIpc) is 2.16. The molecule has 0 unspecified atom stereocenters. The van der Waals surface area contributed by atoms with Crippen molar-refractivity contribution in [1.82, 2.24) is 0 Å². The lowest BCUT2D eigenvalue weighted by Gasteiger charge is -2.06. The zero-order chi connectivity index (χ0) is 10.7. The maximum absolute atomic E-state index is 13.2. The molecule has 5 heteroatoms. The first-order valence-corrected chi connectivity index (χ1v) is 4.19. The van der Waals surface area contributed by atoms with Gasteiger partial charge in [0.25, 0.3) is 0 Å². The van der Waals surface area contributed by atoms with Crippen LogP contribution in [0.5, 0.6) is 5.75 Å². The van der Waals surface area contributed by atoms with Crippen LogP contribution in [0.25, 0.3) is 0 Å². The van der Waals surface area contributed by atoms with Crippen molar-refractivity contribution < 1.29 is 18.7 Å². The molecule has 0 spiro atoms. The van der Waals surface area contributed by atoms with E-state index in [2.05, 4.69) is 17.4 Å². The minimum atomic E-state index is -0.639. The zero-order valence-electron chi connectivity index (χ0n) is 7.70. The van der Waals surface area contributed by atoms with Crippen LogP contribution in [0.1, 0.15) is 10.4 Å². The molecule has 1 aromatic carbocycles. The predicted molar refractivity (Wildman–Crippen MR) is 51.5 cm³/mol. The van der Waals surface area contributed by atoms with Gasteiger partial charge >= 0.3 is 5.97 Å². The molecule has 0 aliphatic heterocycles. The van der Waals surface area contributed by atoms with Gasteiger partial charge in [-0.3, -0.25) is 0 Å². The Hall–Kier alpha value is -1.23. The molecule has 0 N–H and O–H groups in total. The summed E-state index contributed by atoms with van der Waals surface area (Å²) in [6.45, 7) is 0. The summed E-state index contributed by atoms with van der Waals surface area (Å²) >= 11 is 3.98. The van der Waals surface area contributed by atoms with Crippen LogP contribution in [0, 0.1) is 5.82 Å². The van der Waals surface area contributed by atoms with Crippen molar-refractivity contribution in [3.05, 3.63) is 23.5 Å². The number of hydrogen-bond acceptors (Lipinski definition) is 4. The highest BCUT2D eigenvalue weighted by atomic mass is 32.1. The molecule has 0 aliphatic rings. The molecule has 0 radical (unpaired) electrons. The van der Waals surface area contributed by atoms with E-state index in [0.717, 1.165) is 6.07 Å². The van der Waals surface area contributed by atoms with Crippen molar-refractivity contribution in [3.8, 4) is 5.75 Å². The van der Waals surface area contributed by atoms with E-state index in [9.17, 15) is 9.18 Å². The summed E-state index contributed by atoms with van der Waals surface area (Å²) < 4.78 is 22.4. The molecule has 0 saturated carbocycles. The number of hydrogen-bond donors (Lipinski definition) is 1. The van der Waals surface area contributed by atoms with Crippen molar-refractivity contribution >= 4 is 18.6 Å². The number of halogens is 1. The molecule has 0 atom stereocenters. The summed E-state index contributed by atoms with van der Waals surface area (Å²) in [7, 11) is 2.55. The van der Waals surface area contributed by atoms with E-state index < -0.39 is 11.8 Å². The van der Waals surface area contributed by atoms with Gasteiger partial charge in [0.15, 0.2) is 11.6 Å². The molecular weight excluding hydrogens is 207 g/mol. The Labute approximate surface area is 86.2 Å². The van der Waals surface area contributed by atoms with E-state index in [0.29, 0.717) is 0 Å². The van der Waals surface area contributed by atoms with Crippen LogP contribution in [0.2, 0.25) is 0 Å². The summed E-state index contributed by atoms with van der Waals surface area (Å²) in [5.74, 6) is -1.23. The number of benzene rings is 1. The van der Waals surface area contributed by atoms with Crippen LogP contribution >= 0.6 is 12.6 Å². The van der Waals surface area contributed by atoms with Crippen LogP contribution in [-0.2, 0) is 4.74 Å². The van der Waals surface area contributed by atoms with Crippen LogP contribution in [0.3, 0.4) is 0 Å². The van der Waals surface area contributed by atoms with Crippen LogP contribution in [0.4, 0.5) is 4.39 Å². The van der Waals surface area contributed by atoms with Gasteiger partial charge in [-0.2, -0.15) is 0 Å². The molecule has 0 fully saturated rings. The van der Waals surface area contributed by atoms with E-state index in [1.54, 1.807) is 0 Å². The summed E-state index contributed by atoms with van der Waals surface area (Å²) in [5.41, 5.74) is 0.107. The highest BCUT2D eigenvalue weighted by molar-refractivity contribution is 7.80. The Bertz CT molecular complexity index is 342. The monoisotopic (exact) mass is 216 g/mol. The zero-order valence-corrected chi connectivity index (χ0v) is 8.60. The molecule has 0 amide bonds. The Kier molecular flexibility index (Phi) is 3.35. The Balaban J connectivity index is 3.20. The summed E-state index contributed by atoms with van der Waals surface area (Å²) in [5, 5.41) is 0. The quantitative estimate of drug-likeness (QED) is 0.606. The fraction of sp³-hybridized carbons (Fsp3) is 0.222. The largest absolute Gasteiger partial charge is 0.493 e. The summed E-state index contributed by atoms with van der Waals surface area (Å²) in [6.07, 6.45) is 0. The third-order valence-electron chi connectivity index (χ3n) is 1.65. The second-order valence-electron chi connectivity index (χ2n) is 2.50. The molecule has 14 heavy (non-hydrogen) atoms. The lowest BCUT2D eigenvalue weighted by molar-refractivity contribution is 0.0599. The molecule has 1 aromatic rings. The fourth-order valence-corrected chi connectivity index (χ4v) is 1.35. The van der Waals surface area contributed by atoms with Gasteiger partial charge in [-0.15, -0.1) is 12.6 Å². The van der Waals surface area contributed by atoms with Gasteiger partial charge in [-0.05, 0) is 12.1 Å². The lowest BCUT2D eigenvalue weighted by Crippen LogP contribution is -2.03. The van der Waals surface area contributed by atoms with Gasteiger partial charge < -0.3 is 9.47 Å². The third-order valence-corrected chi connectivity index (χ3v) is 1.98. The van der Waals surface area contributed by atoms with Crippen LogP contribution in [-0.4, -0.2) is 20.2 Å². The highest BCUT2D eigenvalue weighted by Gasteiger charge is 2.13. The molecule has 0 aromatic heterocycles. The first kappa shape index (κ1) is 10.8. The number of thiol groups is 1. The van der Waals surface area contributed by atoms with Gasteiger partial charge in [-0.1, -0.05) is 0 Å². The van der Waals surface area contributed by atoms with Gasteiger partial charge in [0, 0.05) is 0 Å². The van der Waals surface area contributed by atoms with Crippen molar-refractivity contribution in [2.24, 2.45) is 0 Å². The van der Waals surface area contributed by atoms with E-state index in [1.807, 2.05) is 0 Å². The number of esters is 1. The molecular formula is C9H9FO3S. The van der Waals surface area contributed by atoms with E-state index in [-0.39, 0.29) is 16.2 Å². The van der Waals surface area contributed by atoms with Crippen LogP contribution < -0.4 is 4.74 Å². The molecule has 0 heterocycles. The van der Waals surface area contributed by atoms with Crippen molar-refractivity contribution in [3.63, 3.8) is 0 Å². The number of carbonyl (C=O) groups is 1. The maximum atomic E-state index is 13.2. The van der Waals surface area contributed by atoms with Crippen molar-refractivity contribution in [2.45, 2.75) is 4.90 Å². The number of rotatable bonds is 2. The molecule has 1 rings (SSSR count). The van der Waals surface area contributed by atoms with E-state index in [4.69, 9.17) is 4.74 Å². The number of ether oxygens (including phenoxy) is 2. The standard InChI is InChI=1S/C9H9FO3S/c1-12-8-6(10)3-5(4-7(8)14)9(11)13-2/h3-4,14H,1-2H3. The Morgan fingerprint density at radius 3 is 2.50 bits per heavy atom. The SMILES string of the molecule is COC(=O)c1cc(F)c(OC)c(S)c1. The minimum absolute atomic E-state index is 0.0148. The average molecular weight is 216 g/mol. The molecule has 0 saturated heterocycles.